The van der Waals surface area contributed by atoms with E-state index < -0.39 is 36.6 Å². The summed E-state index contributed by atoms with van der Waals surface area (Å²) < 4.78 is 33.0. The minimum absolute atomic E-state index is 0. The molecule has 6 aliphatic heterocycles. The van der Waals surface area contributed by atoms with Crippen LogP contribution in [0.15, 0.2) is 0 Å². The largest absolute Gasteiger partial charge is 0.394 e. The van der Waals surface area contributed by atoms with Crippen LogP contribution in [0, 0.1) is 0 Å². The predicted octanol–water partition coefficient (Wildman–Crippen LogP) is 1.75. The maximum Gasteiger partial charge on any atom is 0.109 e. The zero-order valence-electron chi connectivity index (χ0n) is 29.1. The molecule has 0 bridgehead atoms. The van der Waals surface area contributed by atoms with Gasteiger partial charge in [-0.3, -0.25) is 0 Å². The van der Waals surface area contributed by atoms with Gasteiger partial charge >= 0.3 is 0 Å². The van der Waals surface area contributed by atoms with E-state index in [0.717, 1.165) is 77.0 Å². The van der Waals surface area contributed by atoms with Crippen molar-refractivity contribution in [3.63, 3.8) is 0 Å². The summed E-state index contributed by atoms with van der Waals surface area (Å²) in [6.07, 6.45) is 5.03. The lowest BCUT2D eigenvalue weighted by atomic mass is 9.99. The predicted molar refractivity (Wildman–Crippen MR) is 181 cm³/mol. The van der Waals surface area contributed by atoms with E-state index in [-0.39, 0.29) is 75.1 Å². The second-order valence-electron chi connectivity index (χ2n) is 14.5. The molecule has 13 nitrogen and oxygen atoms in total. The lowest BCUT2D eigenvalue weighted by molar-refractivity contribution is -0.133. The molecule has 16 atom stereocenters. The van der Waals surface area contributed by atoms with E-state index >= 15 is 0 Å². The molecule has 0 aromatic rings. The van der Waals surface area contributed by atoms with Crippen molar-refractivity contribution in [3.05, 3.63) is 0 Å². The lowest BCUT2D eigenvalue weighted by Gasteiger charge is -2.27. The molecule has 0 radical (unpaired) electrons. The summed E-state index contributed by atoms with van der Waals surface area (Å²) in [5, 5.41) is 68.9. The Balaban J connectivity index is 0.000000198. The van der Waals surface area contributed by atoms with Crippen molar-refractivity contribution in [3.8, 4) is 0 Å². The van der Waals surface area contributed by atoms with Gasteiger partial charge in [0.05, 0.1) is 67.6 Å². The molecule has 16 unspecified atom stereocenters. The molecule has 0 saturated carbocycles. The molecule has 0 spiro atoms. The SMILES string of the molecule is C.CC1CCC(C(O)C(O)C2CCC(C)O2)O1.CCC1CCC(C(O)C(O)C2CCC(CO)O2)O1.OC(C1CCCO1)C(O)C1CCCO1. The molecule has 0 aromatic carbocycles. The van der Waals surface area contributed by atoms with E-state index in [1.54, 1.807) is 0 Å². The van der Waals surface area contributed by atoms with Crippen LogP contribution in [0.25, 0.3) is 0 Å². The number of hydrogen-bond donors (Lipinski definition) is 7. The van der Waals surface area contributed by atoms with Crippen LogP contribution in [0.5, 0.6) is 0 Å². The van der Waals surface area contributed by atoms with Gasteiger partial charge in [0, 0.05) is 13.2 Å². The molecule has 7 N–H and O–H groups in total. The van der Waals surface area contributed by atoms with Crippen molar-refractivity contribution < 1.29 is 64.2 Å². The maximum atomic E-state index is 10.1. The highest BCUT2D eigenvalue weighted by Crippen LogP contribution is 2.31. The third-order valence-electron chi connectivity index (χ3n) is 10.7. The van der Waals surface area contributed by atoms with Gasteiger partial charge in [0.25, 0.3) is 0 Å². The average molecular weight is 709 g/mol. The average Bonchev–Trinajstić information content (AvgIpc) is 3.95. The van der Waals surface area contributed by atoms with Gasteiger partial charge in [-0.05, 0) is 97.3 Å². The first-order valence-corrected chi connectivity index (χ1v) is 18.6. The first-order valence-electron chi connectivity index (χ1n) is 18.6. The highest BCUT2D eigenvalue weighted by Gasteiger charge is 2.41. The van der Waals surface area contributed by atoms with Crippen molar-refractivity contribution in [2.24, 2.45) is 0 Å². The maximum absolute atomic E-state index is 10.1. The number of aliphatic hydroxyl groups excluding tert-OH is 7. The van der Waals surface area contributed by atoms with Crippen LogP contribution in [0.2, 0.25) is 0 Å². The summed E-state index contributed by atoms with van der Waals surface area (Å²) in [5.74, 6) is 0. The third kappa shape index (κ3) is 12.3. The molecular formula is C36H68O13. The first-order chi connectivity index (χ1) is 23.0. The van der Waals surface area contributed by atoms with Gasteiger partial charge in [-0.25, -0.2) is 0 Å². The van der Waals surface area contributed by atoms with E-state index in [4.69, 9.17) is 33.5 Å². The van der Waals surface area contributed by atoms with E-state index in [0.29, 0.717) is 19.6 Å². The molecule has 49 heavy (non-hydrogen) atoms. The Bertz CT molecular complexity index is 817. The molecule has 13 heteroatoms. The summed E-state index contributed by atoms with van der Waals surface area (Å²) in [4.78, 5) is 0. The lowest BCUT2D eigenvalue weighted by Crippen LogP contribution is -2.44. The topological polar surface area (TPSA) is 197 Å². The number of rotatable bonds is 11. The number of hydrogen-bond acceptors (Lipinski definition) is 13. The summed E-state index contributed by atoms with van der Waals surface area (Å²) in [6, 6.07) is 0. The minimum atomic E-state index is -0.929. The quantitative estimate of drug-likeness (QED) is 0.164. The van der Waals surface area contributed by atoms with Crippen LogP contribution in [0.1, 0.15) is 112 Å². The standard InChI is InChI=1S/C13H24O5.C12H22O4.C10H18O4.CH4/c1-2-8-3-5-10(17-8)12(15)13(16)11-6-4-9(7-14)18-11;1-7-3-5-9(15-7)11(13)12(14)10-6-4-8(2)16-10;11-9(7-3-1-5-13-7)10(12)8-4-2-6-14-8;/h8-16H,2-7H2,1H3;7-14H,3-6H2,1-2H3;7-12H,1-6H2;1H4. The monoisotopic (exact) mass is 708 g/mol. The number of ether oxygens (including phenoxy) is 6. The Morgan fingerprint density at radius 3 is 1.10 bits per heavy atom. The smallest absolute Gasteiger partial charge is 0.109 e. The van der Waals surface area contributed by atoms with Crippen LogP contribution in [-0.4, -0.2) is 153 Å². The van der Waals surface area contributed by atoms with Crippen molar-refractivity contribution >= 4 is 0 Å². The molecule has 6 saturated heterocycles. The molecule has 0 aromatic heterocycles. The van der Waals surface area contributed by atoms with Crippen molar-refractivity contribution in [1.82, 2.24) is 0 Å². The van der Waals surface area contributed by atoms with Gasteiger partial charge in [-0.1, -0.05) is 14.4 Å². The van der Waals surface area contributed by atoms with Crippen LogP contribution < -0.4 is 0 Å². The van der Waals surface area contributed by atoms with Gasteiger partial charge in [0.15, 0.2) is 0 Å². The van der Waals surface area contributed by atoms with Crippen molar-refractivity contribution in [2.45, 2.75) is 209 Å². The van der Waals surface area contributed by atoms with Crippen LogP contribution >= 0.6 is 0 Å². The number of aliphatic hydroxyl groups is 7. The summed E-state index contributed by atoms with van der Waals surface area (Å²) in [6.45, 7) is 7.40. The highest BCUT2D eigenvalue weighted by molar-refractivity contribution is 4.91. The van der Waals surface area contributed by atoms with E-state index in [1.165, 1.54) is 0 Å². The molecule has 0 aliphatic carbocycles. The third-order valence-corrected chi connectivity index (χ3v) is 10.7. The molecule has 6 rings (SSSR count). The molecule has 6 aliphatic rings. The summed E-state index contributed by atoms with van der Waals surface area (Å²) >= 11 is 0. The zero-order chi connectivity index (χ0) is 34.8. The molecule has 6 heterocycles. The zero-order valence-corrected chi connectivity index (χ0v) is 29.1. The fraction of sp³-hybridized carbons (Fsp3) is 1.00. The molecule has 0 amide bonds. The Morgan fingerprint density at radius 1 is 0.469 bits per heavy atom. The molecular weight excluding hydrogens is 640 g/mol. The fourth-order valence-electron chi connectivity index (χ4n) is 7.64. The summed E-state index contributed by atoms with van der Waals surface area (Å²) in [7, 11) is 0. The van der Waals surface area contributed by atoms with Crippen LogP contribution in [-0.2, 0) is 28.4 Å². The van der Waals surface area contributed by atoms with Crippen LogP contribution in [0.3, 0.4) is 0 Å². The Morgan fingerprint density at radius 2 is 0.816 bits per heavy atom. The van der Waals surface area contributed by atoms with Crippen molar-refractivity contribution in [1.29, 1.82) is 0 Å². The molecule has 6 fully saturated rings. The second kappa shape index (κ2) is 21.2. The molecule has 290 valence electrons. The summed E-state index contributed by atoms with van der Waals surface area (Å²) in [5.41, 5.74) is 0. The highest BCUT2D eigenvalue weighted by atomic mass is 16.5. The minimum Gasteiger partial charge on any atom is -0.394 e. The second-order valence-corrected chi connectivity index (χ2v) is 14.5. The Labute approximate surface area is 293 Å². The van der Waals surface area contributed by atoms with E-state index in [9.17, 15) is 30.6 Å². The van der Waals surface area contributed by atoms with Crippen molar-refractivity contribution in [2.75, 3.05) is 19.8 Å². The Hall–Kier alpha value is -0.520. The van der Waals surface area contributed by atoms with Gasteiger partial charge in [-0.15, -0.1) is 0 Å². The Kier molecular flexibility index (Phi) is 18.6. The van der Waals surface area contributed by atoms with Gasteiger partial charge in [-0.2, -0.15) is 0 Å². The fourth-order valence-corrected chi connectivity index (χ4v) is 7.64. The van der Waals surface area contributed by atoms with Gasteiger partial charge in [0.1, 0.15) is 36.6 Å². The van der Waals surface area contributed by atoms with Gasteiger partial charge in [0.2, 0.25) is 0 Å². The normalized spacial score (nSPS) is 39.6. The van der Waals surface area contributed by atoms with E-state index in [2.05, 4.69) is 6.92 Å². The van der Waals surface area contributed by atoms with E-state index in [1.807, 2.05) is 13.8 Å². The van der Waals surface area contributed by atoms with Crippen LogP contribution in [0.4, 0.5) is 0 Å². The first kappa shape index (κ1) is 42.9. The van der Waals surface area contributed by atoms with Gasteiger partial charge < -0.3 is 64.2 Å².